The number of hydrogen-bond acceptors (Lipinski definition) is 2. The van der Waals surface area contributed by atoms with Crippen LogP contribution in [0.15, 0.2) is 0 Å². The van der Waals surface area contributed by atoms with Crippen molar-refractivity contribution in [3.05, 3.63) is 0 Å². The van der Waals surface area contributed by atoms with Gasteiger partial charge in [-0.3, -0.25) is 0 Å². The Morgan fingerprint density at radius 3 is 2.39 bits per heavy atom. The topological polar surface area (TPSA) is 15.3 Å². The van der Waals surface area contributed by atoms with Crippen LogP contribution >= 0.6 is 12.4 Å². The van der Waals surface area contributed by atoms with Crippen molar-refractivity contribution >= 4 is 12.4 Å². The van der Waals surface area contributed by atoms with Gasteiger partial charge < -0.3 is 10.2 Å². The highest BCUT2D eigenvalue weighted by Crippen LogP contribution is 2.31. The van der Waals surface area contributed by atoms with Crippen LogP contribution in [0.3, 0.4) is 0 Å². The summed E-state index contributed by atoms with van der Waals surface area (Å²) in [5.41, 5.74) is 0.487. The Hall–Kier alpha value is 0.210. The molecule has 0 aromatic carbocycles. The highest BCUT2D eigenvalue weighted by molar-refractivity contribution is 5.85. The number of hydrogen-bond donors (Lipinski definition) is 1. The molecular formula is C15H31ClN2. The Morgan fingerprint density at radius 2 is 1.78 bits per heavy atom. The maximum Gasteiger partial charge on any atom is 0.0101 e. The van der Waals surface area contributed by atoms with Gasteiger partial charge >= 0.3 is 0 Å². The minimum atomic E-state index is 0. The van der Waals surface area contributed by atoms with Crippen molar-refractivity contribution in [2.24, 2.45) is 11.3 Å². The fourth-order valence-corrected chi connectivity index (χ4v) is 3.47. The van der Waals surface area contributed by atoms with Gasteiger partial charge in [-0.1, -0.05) is 20.8 Å². The third-order valence-corrected chi connectivity index (χ3v) is 4.30. The quantitative estimate of drug-likeness (QED) is 0.849. The zero-order valence-corrected chi connectivity index (χ0v) is 13.2. The van der Waals surface area contributed by atoms with Crippen LogP contribution in [0.2, 0.25) is 0 Å². The molecule has 18 heavy (non-hydrogen) atoms. The van der Waals surface area contributed by atoms with Gasteiger partial charge in [-0.05, 0) is 63.1 Å². The summed E-state index contributed by atoms with van der Waals surface area (Å²) in [5.74, 6) is 0.955. The predicted octanol–water partition coefficient (Wildman–Crippen LogP) is 3.31. The Bertz CT molecular complexity index is 231. The molecule has 1 N–H and O–H groups in total. The molecule has 3 heteroatoms. The molecule has 2 nitrogen and oxygen atoms in total. The molecule has 0 aromatic heterocycles. The average Bonchev–Trinajstić information content (AvgIpc) is 2.65. The van der Waals surface area contributed by atoms with Crippen LogP contribution in [0.5, 0.6) is 0 Å². The van der Waals surface area contributed by atoms with Gasteiger partial charge in [-0.25, -0.2) is 0 Å². The highest BCUT2D eigenvalue weighted by atomic mass is 35.5. The minimum absolute atomic E-state index is 0. The molecule has 1 atom stereocenters. The molecule has 0 radical (unpaired) electrons. The average molecular weight is 275 g/mol. The Kier molecular flexibility index (Phi) is 6.43. The van der Waals surface area contributed by atoms with Crippen LogP contribution in [0.1, 0.15) is 52.9 Å². The minimum Gasteiger partial charge on any atom is -0.317 e. The Morgan fingerprint density at radius 1 is 1.11 bits per heavy atom. The maximum atomic E-state index is 3.47. The molecular weight excluding hydrogens is 244 g/mol. The SMILES string of the molecule is CC(C)(C)CC1CCCN1CC1CCNCC1.Cl. The maximum absolute atomic E-state index is 3.47. The monoisotopic (exact) mass is 274 g/mol. The van der Waals surface area contributed by atoms with Gasteiger partial charge in [0.25, 0.3) is 0 Å². The van der Waals surface area contributed by atoms with Crippen molar-refractivity contribution in [1.29, 1.82) is 0 Å². The van der Waals surface area contributed by atoms with Crippen molar-refractivity contribution in [2.45, 2.75) is 58.9 Å². The van der Waals surface area contributed by atoms with Crippen molar-refractivity contribution < 1.29 is 0 Å². The summed E-state index contributed by atoms with van der Waals surface area (Å²) in [6, 6.07) is 0.866. The van der Waals surface area contributed by atoms with Crippen LogP contribution < -0.4 is 5.32 Å². The van der Waals surface area contributed by atoms with Crippen LogP contribution in [-0.2, 0) is 0 Å². The second-order valence-electron chi connectivity index (χ2n) is 7.25. The molecule has 1 unspecified atom stereocenters. The van der Waals surface area contributed by atoms with Gasteiger partial charge in [0.15, 0.2) is 0 Å². The normalized spacial score (nSPS) is 27.2. The standard InChI is InChI=1S/C15H30N2.ClH/c1-15(2,3)11-14-5-4-10-17(14)12-13-6-8-16-9-7-13;/h13-14,16H,4-12H2,1-3H3;1H. The lowest BCUT2D eigenvalue weighted by Gasteiger charge is -2.34. The Balaban J connectivity index is 0.00000162. The number of nitrogens with zero attached hydrogens (tertiary/aromatic N) is 1. The van der Waals surface area contributed by atoms with Crippen molar-refractivity contribution in [2.75, 3.05) is 26.2 Å². The number of piperidine rings is 1. The van der Waals surface area contributed by atoms with Crippen LogP contribution in [0, 0.1) is 11.3 Å². The van der Waals surface area contributed by atoms with Gasteiger partial charge in [-0.2, -0.15) is 0 Å². The van der Waals surface area contributed by atoms with E-state index < -0.39 is 0 Å². The van der Waals surface area contributed by atoms with Crippen LogP contribution in [0.25, 0.3) is 0 Å². The second kappa shape index (κ2) is 7.12. The molecule has 2 saturated heterocycles. The molecule has 2 fully saturated rings. The molecule has 0 amide bonds. The lowest BCUT2D eigenvalue weighted by Crippen LogP contribution is -2.39. The van der Waals surface area contributed by atoms with E-state index in [1.807, 2.05) is 0 Å². The lowest BCUT2D eigenvalue weighted by molar-refractivity contribution is 0.156. The molecule has 0 bridgehead atoms. The third kappa shape index (κ3) is 5.07. The van der Waals surface area contributed by atoms with Crippen LogP contribution in [0.4, 0.5) is 0 Å². The second-order valence-corrected chi connectivity index (χ2v) is 7.25. The zero-order chi connectivity index (χ0) is 12.3. The predicted molar refractivity (Wildman–Crippen MR) is 81.5 cm³/mol. The summed E-state index contributed by atoms with van der Waals surface area (Å²) in [4.78, 5) is 2.79. The van der Waals surface area contributed by atoms with Crippen molar-refractivity contribution in [3.8, 4) is 0 Å². The molecule has 108 valence electrons. The van der Waals surface area contributed by atoms with Crippen LogP contribution in [-0.4, -0.2) is 37.1 Å². The first kappa shape index (κ1) is 16.3. The van der Waals surface area contributed by atoms with Gasteiger partial charge in [0, 0.05) is 12.6 Å². The molecule has 0 aliphatic carbocycles. The van der Waals surface area contributed by atoms with E-state index in [9.17, 15) is 0 Å². The molecule has 0 saturated carbocycles. The van der Waals surface area contributed by atoms with E-state index in [0.29, 0.717) is 5.41 Å². The number of nitrogens with one attached hydrogen (secondary N) is 1. The number of halogens is 1. The van der Waals surface area contributed by atoms with Gasteiger partial charge in [-0.15, -0.1) is 12.4 Å². The Labute approximate surface area is 119 Å². The van der Waals surface area contributed by atoms with E-state index in [4.69, 9.17) is 0 Å². The zero-order valence-electron chi connectivity index (χ0n) is 12.4. The van der Waals surface area contributed by atoms with E-state index in [-0.39, 0.29) is 12.4 Å². The van der Waals surface area contributed by atoms with Gasteiger partial charge in [0.05, 0.1) is 0 Å². The van der Waals surface area contributed by atoms with Crippen molar-refractivity contribution in [1.82, 2.24) is 10.2 Å². The summed E-state index contributed by atoms with van der Waals surface area (Å²) in [6.07, 6.45) is 7.00. The van der Waals surface area contributed by atoms with Gasteiger partial charge in [0.1, 0.15) is 0 Å². The number of likely N-dealkylation sites (tertiary alicyclic amines) is 1. The fraction of sp³-hybridized carbons (Fsp3) is 1.00. The molecule has 0 spiro atoms. The molecule has 2 heterocycles. The molecule has 2 aliphatic rings. The summed E-state index contributed by atoms with van der Waals surface area (Å²) in [6.45, 7) is 12.3. The van der Waals surface area contributed by atoms with E-state index in [1.165, 1.54) is 58.3 Å². The summed E-state index contributed by atoms with van der Waals surface area (Å²) < 4.78 is 0. The van der Waals surface area contributed by atoms with E-state index in [2.05, 4.69) is 31.0 Å². The van der Waals surface area contributed by atoms with Gasteiger partial charge in [0.2, 0.25) is 0 Å². The first-order chi connectivity index (χ1) is 8.04. The molecule has 0 aromatic rings. The summed E-state index contributed by atoms with van der Waals surface area (Å²) >= 11 is 0. The van der Waals surface area contributed by atoms with E-state index >= 15 is 0 Å². The summed E-state index contributed by atoms with van der Waals surface area (Å²) in [7, 11) is 0. The molecule has 2 rings (SSSR count). The first-order valence-corrected chi connectivity index (χ1v) is 7.49. The van der Waals surface area contributed by atoms with Crippen molar-refractivity contribution in [3.63, 3.8) is 0 Å². The van der Waals surface area contributed by atoms with E-state index in [1.54, 1.807) is 0 Å². The first-order valence-electron chi connectivity index (χ1n) is 7.49. The van der Waals surface area contributed by atoms with E-state index in [0.717, 1.165) is 12.0 Å². The third-order valence-electron chi connectivity index (χ3n) is 4.30. The highest BCUT2D eigenvalue weighted by Gasteiger charge is 2.30. The number of rotatable bonds is 3. The smallest absolute Gasteiger partial charge is 0.0101 e. The fourth-order valence-electron chi connectivity index (χ4n) is 3.47. The summed E-state index contributed by atoms with van der Waals surface area (Å²) in [5, 5.41) is 3.47. The largest absolute Gasteiger partial charge is 0.317 e. The molecule has 2 aliphatic heterocycles. The lowest BCUT2D eigenvalue weighted by atomic mass is 9.87.